The summed E-state index contributed by atoms with van der Waals surface area (Å²) < 4.78 is 0. The fraction of sp³-hybridized carbons (Fsp3) is 0.619. The lowest BCUT2D eigenvalue weighted by atomic mass is 9.87. The Morgan fingerprint density at radius 2 is 1.74 bits per heavy atom. The zero-order chi connectivity index (χ0) is 19.6. The van der Waals surface area contributed by atoms with Crippen LogP contribution in [0.15, 0.2) is 29.3 Å². The van der Waals surface area contributed by atoms with Crippen molar-refractivity contribution in [2.75, 3.05) is 27.7 Å². The van der Waals surface area contributed by atoms with Gasteiger partial charge in [-0.05, 0) is 29.5 Å². The minimum Gasteiger partial charge on any atom is -0.356 e. The predicted molar refractivity (Wildman–Crippen MR) is 126 cm³/mol. The second-order valence-corrected chi connectivity index (χ2v) is 7.80. The van der Waals surface area contributed by atoms with Gasteiger partial charge in [0.05, 0.1) is 0 Å². The topological polar surface area (TPSA) is 56.7 Å². The van der Waals surface area contributed by atoms with Crippen LogP contribution in [-0.2, 0) is 6.54 Å². The Morgan fingerprint density at radius 1 is 1.11 bits per heavy atom. The lowest BCUT2D eigenvalue weighted by molar-refractivity contribution is 0.0827. The standard InChI is InChI=1S/C21H36N4O.HI/c1-7-8-9-14-21(2,3)16-24-20(22-4)23-15-17-10-12-18(13-11-17)19(26)25(5)6;/h10-13H,7-9,14-16H2,1-6H3,(H2,22,23,24);1H. The fourth-order valence-electron chi connectivity index (χ4n) is 2.69. The number of carbonyl (C=O) groups is 1. The summed E-state index contributed by atoms with van der Waals surface area (Å²) >= 11 is 0. The fourth-order valence-corrected chi connectivity index (χ4v) is 2.69. The molecule has 0 saturated carbocycles. The molecule has 0 aliphatic rings. The van der Waals surface area contributed by atoms with Gasteiger partial charge in [0.25, 0.3) is 5.91 Å². The number of rotatable bonds is 9. The largest absolute Gasteiger partial charge is 0.356 e. The molecule has 5 nitrogen and oxygen atoms in total. The van der Waals surface area contributed by atoms with E-state index in [1.807, 2.05) is 24.3 Å². The molecule has 0 saturated heterocycles. The summed E-state index contributed by atoms with van der Waals surface area (Å²) in [6, 6.07) is 7.69. The second-order valence-electron chi connectivity index (χ2n) is 7.80. The third-order valence-corrected chi connectivity index (χ3v) is 4.48. The maximum absolute atomic E-state index is 11.9. The van der Waals surface area contributed by atoms with E-state index in [1.54, 1.807) is 26.0 Å². The molecule has 1 aromatic carbocycles. The van der Waals surface area contributed by atoms with Crippen molar-refractivity contribution in [2.24, 2.45) is 10.4 Å². The molecule has 1 rings (SSSR count). The first-order chi connectivity index (χ1) is 12.3. The monoisotopic (exact) mass is 488 g/mol. The van der Waals surface area contributed by atoms with Crippen LogP contribution in [-0.4, -0.2) is 44.5 Å². The van der Waals surface area contributed by atoms with Gasteiger partial charge in [0.2, 0.25) is 0 Å². The van der Waals surface area contributed by atoms with Gasteiger partial charge in [0, 0.05) is 39.8 Å². The summed E-state index contributed by atoms with van der Waals surface area (Å²) in [7, 11) is 5.31. The Morgan fingerprint density at radius 3 is 2.26 bits per heavy atom. The number of guanidine groups is 1. The molecule has 0 radical (unpaired) electrons. The maximum Gasteiger partial charge on any atom is 0.253 e. The zero-order valence-electron chi connectivity index (χ0n) is 17.8. The van der Waals surface area contributed by atoms with E-state index in [1.165, 1.54) is 25.7 Å². The zero-order valence-corrected chi connectivity index (χ0v) is 20.1. The number of halogens is 1. The molecule has 6 heteroatoms. The van der Waals surface area contributed by atoms with Crippen molar-refractivity contribution in [3.05, 3.63) is 35.4 Å². The summed E-state index contributed by atoms with van der Waals surface area (Å²) in [6.45, 7) is 8.39. The highest BCUT2D eigenvalue weighted by molar-refractivity contribution is 14.0. The summed E-state index contributed by atoms with van der Waals surface area (Å²) in [6.07, 6.45) is 5.04. The number of nitrogens with one attached hydrogen (secondary N) is 2. The molecule has 1 aromatic rings. The molecule has 27 heavy (non-hydrogen) atoms. The quantitative estimate of drug-likeness (QED) is 0.236. The molecule has 0 unspecified atom stereocenters. The van der Waals surface area contributed by atoms with E-state index < -0.39 is 0 Å². The number of hydrogen-bond donors (Lipinski definition) is 2. The van der Waals surface area contributed by atoms with Gasteiger partial charge in [-0.25, -0.2) is 0 Å². The number of hydrogen-bond acceptors (Lipinski definition) is 2. The van der Waals surface area contributed by atoms with Crippen molar-refractivity contribution in [3.8, 4) is 0 Å². The molecular formula is C21H37IN4O. The minimum absolute atomic E-state index is 0. The maximum atomic E-state index is 11.9. The van der Waals surface area contributed by atoms with Gasteiger partial charge >= 0.3 is 0 Å². The van der Waals surface area contributed by atoms with Gasteiger partial charge in [-0.1, -0.05) is 52.2 Å². The molecule has 1 amide bonds. The first kappa shape index (κ1) is 25.7. The molecule has 0 bridgehead atoms. The van der Waals surface area contributed by atoms with Crippen LogP contribution in [0.5, 0.6) is 0 Å². The van der Waals surface area contributed by atoms with Gasteiger partial charge in [-0.15, -0.1) is 24.0 Å². The Kier molecular flexibility index (Phi) is 12.3. The van der Waals surface area contributed by atoms with Gasteiger partial charge in [0.15, 0.2) is 5.96 Å². The van der Waals surface area contributed by atoms with Crippen LogP contribution in [0.2, 0.25) is 0 Å². The molecule has 0 aliphatic carbocycles. The molecule has 0 atom stereocenters. The average Bonchev–Trinajstić information content (AvgIpc) is 2.61. The van der Waals surface area contributed by atoms with Crippen LogP contribution in [0.1, 0.15) is 62.4 Å². The number of amides is 1. The molecule has 0 fully saturated rings. The number of unbranched alkanes of at least 4 members (excludes halogenated alkanes) is 2. The van der Waals surface area contributed by atoms with Crippen LogP contribution in [0, 0.1) is 5.41 Å². The average molecular weight is 488 g/mol. The lowest BCUT2D eigenvalue weighted by Gasteiger charge is -2.26. The molecule has 0 heterocycles. The van der Waals surface area contributed by atoms with Crippen molar-refractivity contribution < 1.29 is 4.79 Å². The van der Waals surface area contributed by atoms with Crippen molar-refractivity contribution in [2.45, 2.75) is 53.0 Å². The van der Waals surface area contributed by atoms with E-state index in [-0.39, 0.29) is 35.3 Å². The van der Waals surface area contributed by atoms with E-state index in [9.17, 15) is 4.79 Å². The first-order valence-electron chi connectivity index (χ1n) is 9.54. The number of aliphatic imine (C=N–C) groups is 1. The Balaban J connectivity index is 0.00000676. The van der Waals surface area contributed by atoms with Gasteiger partial charge in [-0.3, -0.25) is 9.79 Å². The van der Waals surface area contributed by atoms with E-state index in [2.05, 4.69) is 36.4 Å². The molecular weight excluding hydrogens is 451 g/mol. The van der Waals surface area contributed by atoms with Gasteiger partial charge < -0.3 is 15.5 Å². The number of nitrogens with zero attached hydrogens (tertiary/aromatic N) is 2. The summed E-state index contributed by atoms with van der Waals surface area (Å²) in [5.74, 6) is 0.828. The Hall–Kier alpha value is -1.31. The van der Waals surface area contributed by atoms with E-state index in [0.717, 1.165) is 18.1 Å². The lowest BCUT2D eigenvalue weighted by Crippen LogP contribution is -2.41. The van der Waals surface area contributed by atoms with Gasteiger partial charge in [-0.2, -0.15) is 0 Å². The Bertz CT molecular complexity index is 582. The molecule has 0 spiro atoms. The predicted octanol–water partition coefficient (Wildman–Crippen LogP) is 4.28. The van der Waals surface area contributed by atoms with Crippen molar-refractivity contribution in [1.82, 2.24) is 15.5 Å². The molecule has 2 N–H and O–H groups in total. The van der Waals surface area contributed by atoms with Crippen molar-refractivity contribution in [1.29, 1.82) is 0 Å². The number of carbonyl (C=O) groups excluding carboxylic acids is 1. The van der Waals surface area contributed by atoms with Crippen LogP contribution >= 0.6 is 24.0 Å². The van der Waals surface area contributed by atoms with Crippen LogP contribution in [0.25, 0.3) is 0 Å². The van der Waals surface area contributed by atoms with Gasteiger partial charge in [0.1, 0.15) is 0 Å². The first-order valence-corrected chi connectivity index (χ1v) is 9.54. The molecule has 0 aliphatic heterocycles. The SMILES string of the molecule is CCCCCC(C)(C)CNC(=NC)NCc1ccc(C(=O)N(C)C)cc1.I. The highest BCUT2D eigenvalue weighted by atomic mass is 127. The molecule has 0 aromatic heterocycles. The smallest absolute Gasteiger partial charge is 0.253 e. The third-order valence-electron chi connectivity index (χ3n) is 4.48. The minimum atomic E-state index is 0. The van der Waals surface area contributed by atoms with Crippen LogP contribution in [0.4, 0.5) is 0 Å². The Labute approximate surface area is 182 Å². The van der Waals surface area contributed by atoms with Crippen LogP contribution < -0.4 is 10.6 Å². The van der Waals surface area contributed by atoms with E-state index in [0.29, 0.717) is 12.1 Å². The van der Waals surface area contributed by atoms with E-state index in [4.69, 9.17) is 0 Å². The van der Waals surface area contributed by atoms with Crippen molar-refractivity contribution >= 4 is 35.8 Å². The highest BCUT2D eigenvalue weighted by Crippen LogP contribution is 2.22. The summed E-state index contributed by atoms with van der Waals surface area (Å²) in [5.41, 5.74) is 2.07. The van der Waals surface area contributed by atoms with E-state index >= 15 is 0 Å². The summed E-state index contributed by atoms with van der Waals surface area (Å²) in [5, 5.41) is 6.77. The second kappa shape index (κ2) is 13.0. The number of benzene rings is 1. The van der Waals surface area contributed by atoms with Crippen LogP contribution in [0.3, 0.4) is 0 Å². The molecule has 154 valence electrons. The normalized spacial score (nSPS) is 11.6. The highest BCUT2D eigenvalue weighted by Gasteiger charge is 2.17. The summed E-state index contributed by atoms with van der Waals surface area (Å²) in [4.78, 5) is 17.8. The van der Waals surface area contributed by atoms with Crippen molar-refractivity contribution in [3.63, 3.8) is 0 Å². The third kappa shape index (κ3) is 9.98.